The molecule has 190 valence electrons. The lowest BCUT2D eigenvalue weighted by molar-refractivity contribution is -0.123. The molecule has 3 N–H and O–H groups in total. The van der Waals surface area contributed by atoms with Crippen LogP contribution in [0.25, 0.3) is 0 Å². The predicted octanol–water partition coefficient (Wildman–Crippen LogP) is 6.01. The Bertz CT molecular complexity index is 1030. The monoisotopic (exact) mass is 627 g/mol. The highest BCUT2D eigenvalue weighted by atomic mass is 79.9. The standard InChI is InChI=1S/C25H31Br2N3O4S/c1-4-5-6-7-12-33-21-11-9-18(26)14-19(21)24(32)28-25(35)30-29-23(31)15-34-22-10-8-17(16(2)3)13-20(22)27/h8-11,13-14,16H,4-7,12,15H2,1-3H3,(H,29,31)(H2,28,30,32,35). The first-order valence-electron chi connectivity index (χ1n) is 11.5. The highest BCUT2D eigenvalue weighted by Gasteiger charge is 2.15. The van der Waals surface area contributed by atoms with Crippen molar-refractivity contribution in [1.82, 2.24) is 16.2 Å². The van der Waals surface area contributed by atoms with E-state index in [9.17, 15) is 9.59 Å². The summed E-state index contributed by atoms with van der Waals surface area (Å²) < 4.78 is 12.9. The van der Waals surface area contributed by atoms with Crippen molar-refractivity contribution in [2.24, 2.45) is 0 Å². The van der Waals surface area contributed by atoms with Gasteiger partial charge in [0.1, 0.15) is 11.5 Å². The zero-order valence-electron chi connectivity index (χ0n) is 20.1. The zero-order chi connectivity index (χ0) is 25.8. The van der Waals surface area contributed by atoms with Crippen molar-refractivity contribution >= 4 is 61.0 Å². The van der Waals surface area contributed by atoms with Gasteiger partial charge in [-0.2, -0.15) is 0 Å². The first-order valence-corrected chi connectivity index (χ1v) is 13.5. The van der Waals surface area contributed by atoms with Crippen LogP contribution in [0.4, 0.5) is 0 Å². The average molecular weight is 629 g/mol. The van der Waals surface area contributed by atoms with E-state index in [2.05, 4.69) is 68.8 Å². The van der Waals surface area contributed by atoms with Gasteiger partial charge in [0.05, 0.1) is 16.6 Å². The molecule has 0 atom stereocenters. The number of benzene rings is 2. The lowest BCUT2D eigenvalue weighted by atomic mass is 10.0. The molecule has 0 radical (unpaired) electrons. The fourth-order valence-corrected chi connectivity index (χ4v) is 4.03. The van der Waals surface area contributed by atoms with Crippen LogP contribution in [0, 0.1) is 0 Å². The summed E-state index contributed by atoms with van der Waals surface area (Å²) in [6.45, 7) is 6.64. The van der Waals surface area contributed by atoms with E-state index >= 15 is 0 Å². The van der Waals surface area contributed by atoms with Crippen LogP contribution in [0.15, 0.2) is 45.3 Å². The zero-order valence-corrected chi connectivity index (χ0v) is 24.1. The van der Waals surface area contributed by atoms with Crippen LogP contribution in [0.5, 0.6) is 11.5 Å². The molecule has 2 amide bonds. The van der Waals surface area contributed by atoms with Crippen molar-refractivity contribution in [2.75, 3.05) is 13.2 Å². The highest BCUT2D eigenvalue weighted by Crippen LogP contribution is 2.29. The third kappa shape index (κ3) is 10.1. The van der Waals surface area contributed by atoms with Crippen molar-refractivity contribution < 1.29 is 19.1 Å². The van der Waals surface area contributed by atoms with E-state index in [4.69, 9.17) is 21.7 Å². The SMILES string of the molecule is CCCCCCOc1ccc(Br)cc1C(=O)NC(=S)NNC(=O)COc1ccc(C(C)C)cc1Br. The number of carbonyl (C=O) groups excluding carboxylic acids is 2. The molecule has 10 heteroatoms. The van der Waals surface area contributed by atoms with Gasteiger partial charge in [0.2, 0.25) is 0 Å². The van der Waals surface area contributed by atoms with Crippen molar-refractivity contribution in [3.05, 3.63) is 56.5 Å². The summed E-state index contributed by atoms with van der Waals surface area (Å²) >= 11 is 12.0. The second-order valence-corrected chi connectivity index (χ2v) is 10.3. The lowest BCUT2D eigenvalue weighted by Gasteiger charge is -2.14. The molecule has 0 aliphatic rings. The van der Waals surface area contributed by atoms with Crippen molar-refractivity contribution in [2.45, 2.75) is 52.4 Å². The maximum absolute atomic E-state index is 12.7. The number of nitrogens with one attached hydrogen (secondary N) is 3. The summed E-state index contributed by atoms with van der Waals surface area (Å²) in [5, 5.41) is 2.49. The first kappa shape index (κ1) is 29.1. The summed E-state index contributed by atoms with van der Waals surface area (Å²) in [5.41, 5.74) is 6.42. The van der Waals surface area contributed by atoms with Crippen molar-refractivity contribution in [1.29, 1.82) is 0 Å². The number of amides is 2. The molecule has 7 nitrogen and oxygen atoms in total. The topological polar surface area (TPSA) is 88.7 Å². The number of hydrogen-bond donors (Lipinski definition) is 3. The van der Waals surface area contributed by atoms with Gasteiger partial charge in [-0.25, -0.2) is 0 Å². The van der Waals surface area contributed by atoms with Crippen LogP contribution < -0.4 is 25.6 Å². The van der Waals surface area contributed by atoms with Crippen molar-refractivity contribution in [3.8, 4) is 11.5 Å². The van der Waals surface area contributed by atoms with Gasteiger partial charge in [-0.3, -0.25) is 25.8 Å². The summed E-state index contributed by atoms with van der Waals surface area (Å²) in [6, 6.07) is 10.9. The molecule has 0 aromatic heterocycles. The maximum atomic E-state index is 12.7. The van der Waals surface area contributed by atoms with Crippen LogP contribution in [-0.2, 0) is 4.79 Å². The average Bonchev–Trinajstić information content (AvgIpc) is 2.82. The Hall–Kier alpha value is -2.17. The van der Waals surface area contributed by atoms with Gasteiger partial charge in [0, 0.05) is 4.47 Å². The molecule has 2 rings (SSSR count). The Morgan fingerprint density at radius 1 is 0.971 bits per heavy atom. The molecule has 2 aromatic rings. The number of ether oxygens (including phenoxy) is 2. The Morgan fingerprint density at radius 2 is 1.71 bits per heavy atom. The van der Waals surface area contributed by atoms with Gasteiger partial charge in [0.15, 0.2) is 11.7 Å². The minimum Gasteiger partial charge on any atom is -0.493 e. The molecule has 0 saturated heterocycles. The number of rotatable bonds is 11. The van der Waals surface area contributed by atoms with Crippen molar-refractivity contribution in [3.63, 3.8) is 0 Å². The van der Waals surface area contributed by atoms with Crippen LogP contribution in [0.3, 0.4) is 0 Å². The highest BCUT2D eigenvalue weighted by molar-refractivity contribution is 9.10. The van der Waals surface area contributed by atoms with E-state index in [1.807, 2.05) is 24.3 Å². The summed E-state index contributed by atoms with van der Waals surface area (Å²) in [6.07, 6.45) is 4.28. The van der Waals surface area contributed by atoms with E-state index in [0.717, 1.165) is 40.2 Å². The van der Waals surface area contributed by atoms with E-state index in [0.29, 0.717) is 29.6 Å². The summed E-state index contributed by atoms with van der Waals surface area (Å²) in [4.78, 5) is 24.9. The smallest absolute Gasteiger partial charge is 0.276 e. The van der Waals surface area contributed by atoms with E-state index in [1.54, 1.807) is 12.1 Å². The predicted molar refractivity (Wildman–Crippen MR) is 149 cm³/mol. The normalized spacial score (nSPS) is 10.6. The number of carbonyl (C=O) groups is 2. The molecule has 0 bridgehead atoms. The third-order valence-corrected chi connectivity index (χ3v) is 6.28. The largest absolute Gasteiger partial charge is 0.493 e. The number of hydrazine groups is 1. The number of halogens is 2. The van der Waals surface area contributed by atoms with Crippen LogP contribution in [0.2, 0.25) is 0 Å². The lowest BCUT2D eigenvalue weighted by Crippen LogP contribution is -2.49. The molecule has 2 aromatic carbocycles. The van der Waals surface area contributed by atoms with Crippen LogP contribution in [-0.4, -0.2) is 30.1 Å². The van der Waals surface area contributed by atoms with E-state index in [1.165, 1.54) is 0 Å². The van der Waals surface area contributed by atoms with Gasteiger partial charge < -0.3 is 9.47 Å². The van der Waals surface area contributed by atoms with Gasteiger partial charge in [0.25, 0.3) is 11.8 Å². The Balaban J connectivity index is 1.83. The molecule has 0 unspecified atom stereocenters. The minimum absolute atomic E-state index is 0.0558. The first-order chi connectivity index (χ1) is 16.7. The maximum Gasteiger partial charge on any atom is 0.276 e. The van der Waals surface area contributed by atoms with Crippen LogP contribution >= 0.6 is 44.1 Å². The van der Waals surface area contributed by atoms with E-state index < -0.39 is 11.8 Å². The Labute approximate surface area is 228 Å². The molecular weight excluding hydrogens is 598 g/mol. The summed E-state index contributed by atoms with van der Waals surface area (Å²) in [5.74, 6) is 0.496. The molecular formula is C25H31Br2N3O4S. The molecule has 0 aliphatic heterocycles. The van der Waals surface area contributed by atoms with Gasteiger partial charge in [-0.05, 0) is 76.4 Å². The fraction of sp³-hybridized carbons (Fsp3) is 0.400. The summed E-state index contributed by atoms with van der Waals surface area (Å²) in [7, 11) is 0. The Kier molecular flexibility index (Phi) is 12.5. The second kappa shape index (κ2) is 15.1. The molecule has 0 saturated carbocycles. The molecule has 0 aliphatic carbocycles. The minimum atomic E-state index is -0.458. The molecule has 35 heavy (non-hydrogen) atoms. The number of hydrogen-bond acceptors (Lipinski definition) is 5. The quantitative estimate of drug-likeness (QED) is 0.161. The van der Waals surface area contributed by atoms with Crippen LogP contribution in [0.1, 0.15) is 68.3 Å². The van der Waals surface area contributed by atoms with Gasteiger partial charge in [-0.1, -0.05) is 62.0 Å². The van der Waals surface area contributed by atoms with Gasteiger partial charge >= 0.3 is 0 Å². The van der Waals surface area contributed by atoms with Gasteiger partial charge in [-0.15, -0.1) is 0 Å². The molecule has 0 fully saturated rings. The van der Waals surface area contributed by atoms with E-state index in [-0.39, 0.29) is 11.7 Å². The number of thiocarbonyl (C=S) groups is 1. The molecule has 0 heterocycles. The number of unbranched alkanes of at least 4 members (excludes halogenated alkanes) is 3. The second-order valence-electron chi connectivity index (χ2n) is 8.14. The third-order valence-electron chi connectivity index (χ3n) is 4.97. The fourth-order valence-electron chi connectivity index (χ4n) is 3.02. The Morgan fingerprint density at radius 3 is 2.40 bits per heavy atom. The molecule has 0 spiro atoms.